The first-order chi connectivity index (χ1) is 8.31. The maximum Gasteiger partial charge on any atom is 0.0933 e. The van der Waals surface area contributed by atoms with Crippen molar-refractivity contribution in [2.45, 2.75) is 26.7 Å². The largest absolute Gasteiger partial charge is 0.383 e. The lowest BCUT2D eigenvalue weighted by Gasteiger charge is -2.13. The quantitative estimate of drug-likeness (QED) is 0.834. The Hall–Kier alpha value is -1.57. The number of pyridine rings is 1. The van der Waals surface area contributed by atoms with Gasteiger partial charge in [0, 0.05) is 18.1 Å². The van der Waals surface area contributed by atoms with Crippen LogP contribution in [0, 0.1) is 5.92 Å². The van der Waals surface area contributed by atoms with E-state index in [4.69, 9.17) is 0 Å². The second-order valence-electron chi connectivity index (χ2n) is 4.66. The number of fused-ring (bicyclic) bond motifs is 1. The minimum atomic E-state index is 0.707. The van der Waals surface area contributed by atoms with Crippen LogP contribution in [0.25, 0.3) is 10.9 Å². The van der Waals surface area contributed by atoms with Gasteiger partial charge in [0.2, 0.25) is 0 Å². The average Bonchev–Trinajstić information content (AvgIpc) is 2.36. The van der Waals surface area contributed by atoms with Crippen molar-refractivity contribution in [3.05, 3.63) is 36.5 Å². The summed E-state index contributed by atoms with van der Waals surface area (Å²) in [5.41, 5.74) is 2.21. The molecular formula is C15H20N2. The summed E-state index contributed by atoms with van der Waals surface area (Å²) in [6, 6.07) is 10.4. The van der Waals surface area contributed by atoms with Crippen LogP contribution in [-0.2, 0) is 0 Å². The molecule has 0 spiro atoms. The normalized spacial score (nSPS) is 12.6. The van der Waals surface area contributed by atoms with Crippen LogP contribution < -0.4 is 5.32 Å². The van der Waals surface area contributed by atoms with Crippen LogP contribution >= 0.6 is 0 Å². The van der Waals surface area contributed by atoms with Crippen LogP contribution in [0.5, 0.6) is 0 Å². The molecule has 17 heavy (non-hydrogen) atoms. The van der Waals surface area contributed by atoms with E-state index in [1.54, 1.807) is 0 Å². The third kappa shape index (κ3) is 2.96. The van der Waals surface area contributed by atoms with Crippen molar-refractivity contribution in [3.8, 4) is 0 Å². The summed E-state index contributed by atoms with van der Waals surface area (Å²) in [6.45, 7) is 5.54. The van der Waals surface area contributed by atoms with E-state index in [1.165, 1.54) is 18.2 Å². The molecule has 2 nitrogen and oxygen atoms in total. The Labute approximate surface area is 103 Å². The molecule has 0 aliphatic heterocycles. The highest BCUT2D eigenvalue weighted by atomic mass is 14.9. The van der Waals surface area contributed by atoms with Crippen LogP contribution in [0.3, 0.4) is 0 Å². The second kappa shape index (κ2) is 5.67. The molecule has 1 N–H and O–H groups in total. The van der Waals surface area contributed by atoms with Crippen molar-refractivity contribution in [3.63, 3.8) is 0 Å². The molecule has 0 bridgehead atoms. The van der Waals surface area contributed by atoms with E-state index in [2.05, 4.69) is 48.4 Å². The molecule has 0 amide bonds. The number of benzene rings is 1. The molecule has 1 atom stereocenters. The molecular weight excluding hydrogens is 208 g/mol. The van der Waals surface area contributed by atoms with Crippen LogP contribution in [-0.4, -0.2) is 11.5 Å². The van der Waals surface area contributed by atoms with E-state index in [0.29, 0.717) is 5.92 Å². The minimum Gasteiger partial charge on any atom is -0.383 e. The molecule has 2 rings (SSSR count). The number of nitrogens with one attached hydrogen (secondary N) is 1. The van der Waals surface area contributed by atoms with Crippen LogP contribution in [0.1, 0.15) is 26.7 Å². The molecule has 0 fully saturated rings. The minimum absolute atomic E-state index is 0.707. The van der Waals surface area contributed by atoms with Crippen LogP contribution in [0.4, 0.5) is 5.69 Å². The maximum absolute atomic E-state index is 4.44. The highest BCUT2D eigenvalue weighted by molar-refractivity contribution is 5.90. The Morgan fingerprint density at radius 3 is 2.88 bits per heavy atom. The molecule has 2 aromatic rings. The first-order valence-corrected chi connectivity index (χ1v) is 6.39. The number of hydrogen-bond acceptors (Lipinski definition) is 2. The van der Waals surface area contributed by atoms with Crippen molar-refractivity contribution in [2.75, 3.05) is 11.9 Å². The maximum atomic E-state index is 4.44. The Morgan fingerprint density at radius 2 is 2.06 bits per heavy atom. The van der Waals surface area contributed by atoms with E-state index in [-0.39, 0.29) is 0 Å². The summed E-state index contributed by atoms with van der Waals surface area (Å²) < 4.78 is 0. The van der Waals surface area contributed by atoms with Gasteiger partial charge in [-0.3, -0.25) is 4.98 Å². The molecule has 1 heterocycles. The lowest BCUT2D eigenvalue weighted by molar-refractivity contribution is 0.551. The van der Waals surface area contributed by atoms with E-state index < -0.39 is 0 Å². The van der Waals surface area contributed by atoms with Gasteiger partial charge in [0.1, 0.15) is 0 Å². The van der Waals surface area contributed by atoms with E-state index in [1.807, 2.05) is 12.3 Å². The summed E-state index contributed by atoms with van der Waals surface area (Å²) in [6.07, 6.45) is 4.37. The van der Waals surface area contributed by atoms with Crippen LogP contribution in [0.15, 0.2) is 36.5 Å². The third-order valence-corrected chi connectivity index (χ3v) is 3.06. The number of para-hydroxylation sites is 1. The van der Waals surface area contributed by atoms with Gasteiger partial charge < -0.3 is 5.32 Å². The van der Waals surface area contributed by atoms with Gasteiger partial charge in [-0.1, -0.05) is 38.5 Å². The molecule has 0 saturated carbocycles. The number of aromatic nitrogens is 1. The Kier molecular flexibility index (Phi) is 3.97. The van der Waals surface area contributed by atoms with Gasteiger partial charge in [-0.25, -0.2) is 0 Å². The fraction of sp³-hybridized carbons (Fsp3) is 0.400. The monoisotopic (exact) mass is 228 g/mol. The van der Waals surface area contributed by atoms with Crippen molar-refractivity contribution in [1.29, 1.82) is 0 Å². The molecule has 1 aromatic heterocycles. The van der Waals surface area contributed by atoms with E-state index in [0.717, 1.165) is 17.7 Å². The zero-order valence-electron chi connectivity index (χ0n) is 10.6. The zero-order valence-corrected chi connectivity index (χ0v) is 10.6. The van der Waals surface area contributed by atoms with Gasteiger partial charge in [-0.05, 0) is 24.5 Å². The van der Waals surface area contributed by atoms with E-state index >= 15 is 0 Å². The average molecular weight is 228 g/mol. The first-order valence-electron chi connectivity index (χ1n) is 6.39. The molecule has 90 valence electrons. The van der Waals surface area contributed by atoms with E-state index in [9.17, 15) is 0 Å². The van der Waals surface area contributed by atoms with Crippen LogP contribution in [0.2, 0.25) is 0 Å². The fourth-order valence-corrected chi connectivity index (χ4v) is 2.13. The summed E-state index contributed by atoms with van der Waals surface area (Å²) in [5.74, 6) is 0.707. The fourth-order valence-electron chi connectivity index (χ4n) is 2.13. The SMILES string of the molecule is CCCC(C)CNc1cccc2cccnc12. The number of anilines is 1. The summed E-state index contributed by atoms with van der Waals surface area (Å²) in [5, 5.41) is 4.70. The van der Waals surface area contributed by atoms with Gasteiger partial charge in [0.25, 0.3) is 0 Å². The predicted octanol–water partition coefficient (Wildman–Crippen LogP) is 4.08. The van der Waals surface area contributed by atoms with Crippen molar-refractivity contribution in [2.24, 2.45) is 5.92 Å². The standard InChI is InChI=1S/C15H20N2/c1-3-6-12(2)11-17-14-9-4-7-13-8-5-10-16-15(13)14/h4-5,7-10,12,17H,3,6,11H2,1-2H3. The third-order valence-electron chi connectivity index (χ3n) is 3.06. The first kappa shape index (κ1) is 11.9. The Balaban J connectivity index is 2.13. The molecule has 0 saturated heterocycles. The van der Waals surface area contributed by atoms with Gasteiger partial charge in [-0.2, -0.15) is 0 Å². The number of rotatable bonds is 5. The smallest absolute Gasteiger partial charge is 0.0933 e. The van der Waals surface area contributed by atoms with Crippen molar-refractivity contribution >= 4 is 16.6 Å². The van der Waals surface area contributed by atoms with Gasteiger partial charge >= 0.3 is 0 Å². The highest BCUT2D eigenvalue weighted by Gasteiger charge is 2.03. The highest BCUT2D eigenvalue weighted by Crippen LogP contribution is 2.21. The zero-order chi connectivity index (χ0) is 12.1. The lowest BCUT2D eigenvalue weighted by atomic mass is 10.1. The number of nitrogens with zero attached hydrogens (tertiary/aromatic N) is 1. The molecule has 1 unspecified atom stereocenters. The topological polar surface area (TPSA) is 24.9 Å². The summed E-state index contributed by atoms with van der Waals surface area (Å²) >= 11 is 0. The van der Waals surface area contributed by atoms with Crippen molar-refractivity contribution in [1.82, 2.24) is 4.98 Å². The Morgan fingerprint density at radius 1 is 1.24 bits per heavy atom. The number of hydrogen-bond donors (Lipinski definition) is 1. The lowest BCUT2D eigenvalue weighted by Crippen LogP contribution is -2.11. The van der Waals surface area contributed by atoms with Gasteiger partial charge in [0.15, 0.2) is 0 Å². The molecule has 2 heteroatoms. The predicted molar refractivity (Wildman–Crippen MR) is 74.3 cm³/mol. The van der Waals surface area contributed by atoms with Gasteiger partial charge in [-0.15, -0.1) is 0 Å². The summed E-state index contributed by atoms with van der Waals surface area (Å²) in [4.78, 5) is 4.44. The summed E-state index contributed by atoms with van der Waals surface area (Å²) in [7, 11) is 0. The molecule has 0 aliphatic carbocycles. The Bertz CT molecular complexity index is 474. The molecule has 0 radical (unpaired) electrons. The molecule has 0 aliphatic rings. The second-order valence-corrected chi connectivity index (χ2v) is 4.66. The van der Waals surface area contributed by atoms with Gasteiger partial charge in [0.05, 0.1) is 11.2 Å². The molecule has 1 aromatic carbocycles. The van der Waals surface area contributed by atoms with Crippen molar-refractivity contribution < 1.29 is 0 Å².